The molecule has 10 heteroatoms. The van der Waals surface area contributed by atoms with Crippen molar-refractivity contribution in [2.45, 2.75) is 30.9 Å². The van der Waals surface area contributed by atoms with Gasteiger partial charge in [-0.15, -0.1) is 0 Å². The average Bonchev–Trinajstić information content (AvgIpc) is 2.89. The minimum atomic E-state index is -5.95. The van der Waals surface area contributed by atoms with Gasteiger partial charge >= 0.3 is 18.0 Å². The summed E-state index contributed by atoms with van der Waals surface area (Å²) in [5.74, 6) is -2.90. The molecule has 0 bridgehead atoms. The van der Waals surface area contributed by atoms with Crippen molar-refractivity contribution < 1.29 is 35.9 Å². The minimum absolute atomic E-state index is 0.159. The molecule has 0 aromatic heterocycles. The van der Waals surface area contributed by atoms with E-state index in [4.69, 9.17) is 0 Å². The maximum absolute atomic E-state index is 13.4. The molecule has 0 saturated carbocycles. The number of halogens is 6. The number of carbonyl (C=O) groups is 2. The van der Waals surface area contributed by atoms with Gasteiger partial charge in [-0.1, -0.05) is 18.2 Å². The molecule has 1 N–H and O–H groups in total. The Hall–Kier alpha value is -2.26. The Kier molecular flexibility index (Phi) is 4.51. The summed E-state index contributed by atoms with van der Waals surface area (Å²) >= 11 is 0. The Labute approximate surface area is 132 Å². The topological polar surface area (TPSA) is 49.4 Å². The number of rotatable bonds is 3. The summed E-state index contributed by atoms with van der Waals surface area (Å²) in [4.78, 5) is 23.2. The highest BCUT2D eigenvalue weighted by Crippen LogP contribution is 2.47. The lowest BCUT2D eigenvalue weighted by Gasteiger charge is -2.43. The summed E-state index contributed by atoms with van der Waals surface area (Å²) in [6, 6.07) is 6.16. The number of alkyl halides is 6. The zero-order chi connectivity index (χ0) is 18.2. The molecule has 1 fully saturated rings. The van der Waals surface area contributed by atoms with Gasteiger partial charge in [0.15, 0.2) is 0 Å². The fourth-order valence-electron chi connectivity index (χ4n) is 2.50. The lowest BCUT2D eigenvalue weighted by atomic mass is 10.1. The third-order valence-electron chi connectivity index (χ3n) is 3.63. The van der Waals surface area contributed by atoms with Crippen molar-refractivity contribution in [1.29, 1.82) is 0 Å². The molecule has 1 saturated heterocycles. The van der Waals surface area contributed by atoms with E-state index in [2.05, 4.69) is 0 Å². The van der Waals surface area contributed by atoms with Crippen molar-refractivity contribution in [2.24, 2.45) is 0 Å². The first-order valence-electron chi connectivity index (χ1n) is 6.82. The van der Waals surface area contributed by atoms with Crippen LogP contribution >= 0.6 is 0 Å². The van der Waals surface area contributed by atoms with Gasteiger partial charge in [0.1, 0.15) is 0 Å². The summed E-state index contributed by atoms with van der Waals surface area (Å²) in [6.07, 6.45) is -12.5. The predicted molar refractivity (Wildman–Crippen MR) is 69.7 cm³/mol. The van der Waals surface area contributed by atoms with Crippen LogP contribution in [0, 0.1) is 0 Å². The molecular formula is C14H12F6N2O2. The molecule has 2 rings (SSSR count). The fraction of sp³-hybridized carbons (Fsp3) is 0.429. The molecule has 1 aliphatic heterocycles. The van der Waals surface area contributed by atoms with E-state index in [1.165, 1.54) is 18.2 Å². The first-order chi connectivity index (χ1) is 11.0. The zero-order valence-corrected chi connectivity index (χ0v) is 12.0. The second kappa shape index (κ2) is 5.99. The molecule has 1 heterocycles. The molecular weight excluding hydrogens is 342 g/mol. The first kappa shape index (κ1) is 18.1. The van der Waals surface area contributed by atoms with Gasteiger partial charge in [0.05, 0.1) is 0 Å². The van der Waals surface area contributed by atoms with Crippen LogP contribution in [-0.2, 0) is 4.79 Å². The van der Waals surface area contributed by atoms with Crippen molar-refractivity contribution in [3.8, 4) is 0 Å². The predicted octanol–water partition coefficient (Wildman–Crippen LogP) is 2.86. The normalized spacial score (nSPS) is 16.4. The highest BCUT2D eigenvalue weighted by atomic mass is 19.4. The van der Waals surface area contributed by atoms with E-state index in [-0.39, 0.29) is 16.9 Å². The van der Waals surface area contributed by atoms with Crippen LogP contribution < -0.4 is 5.32 Å². The Morgan fingerprint density at radius 2 is 1.54 bits per heavy atom. The highest BCUT2D eigenvalue weighted by Gasteiger charge is 2.76. The van der Waals surface area contributed by atoms with E-state index in [1.54, 1.807) is 0 Å². The van der Waals surface area contributed by atoms with Gasteiger partial charge < -0.3 is 10.2 Å². The summed E-state index contributed by atoms with van der Waals surface area (Å²) in [6.45, 7) is -0.757. The van der Waals surface area contributed by atoms with Crippen LogP contribution in [0.3, 0.4) is 0 Å². The number of hydrogen-bond acceptors (Lipinski definition) is 2. The number of carbonyl (C=O) groups excluding carboxylic acids is 2. The Morgan fingerprint density at radius 1 is 1.00 bits per heavy atom. The second-order valence-electron chi connectivity index (χ2n) is 5.18. The van der Waals surface area contributed by atoms with Gasteiger partial charge in [-0.05, 0) is 18.6 Å². The SMILES string of the molecule is O=C(NC(N1CCCC1=O)(C(F)(F)F)C(F)(F)F)c1ccccc1. The molecule has 0 unspecified atom stereocenters. The highest BCUT2D eigenvalue weighted by molar-refractivity contribution is 5.95. The number of benzene rings is 1. The third-order valence-corrected chi connectivity index (χ3v) is 3.63. The number of nitrogens with zero attached hydrogens (tertiary/aromatic N) is 1. The molecule has 24 heavy (non-hydrogen) atoms. The average molecular weight is 354 g/mol. The summed E-state index contributed by atoms with van der Waals surface area (Å²) < 4.78 is 80.7. The molecule has 0 spiro atoms. The van der Waals surface area contributed by atoms with E-state index in [1.807, 2.05) is 0 Å². The lowest BCUT2D eigenvalue weighted by Crippen LogP contribution is -2.76. The van der Waals surface area contributed by atoms with E-state index < -0.39 is 42.8 Å². The van der Waals surface area contributed by atoms with Crippen molar-refractivity contribution in [3.05, 3.63) is 35.9 Å². The van der Waals surface area contributed by atoms with Gasteiger partial charge in [0.25, 0.3) is 5.91 Å². The molecule has 0 atom stereocenters. The van der Waals surface area contributed by atoms with Crippen molar-refractivity contribution in [1.82, 2.24) is 10.2 Å². The van der Waals surface area contributed by atoms with Crippen molar-refractivity contribution in [2.75, 3.05) is 6.54 Å². The van der Waals surface area contributed by atoms with Gasteiger partial charge in [0.2, 0.25) is 5.91 Å². The monoisotopic (exact) mass is 354 g/mol. The number of nitrogens with one attached hydrogen (secondary N) is 1. The van der Waals surface area contributed by atoms with E-state index >= 15 is 0 Å². The molecule has 0 aliphatic carbocycles. The Morgan fingerprint density at radius 3 is 1.96 bits per heavy atom. The molecule has 1 aliphatic rings. The van der Waals surface area contributed by atoms with Gasteiger partial charge in [-0.2, -0.15) is 26.3 Å². The maximum Gasteiger partial charge on any atom is 0.440 e. The summed E-state index contributed by atoms with van der Waals surface area (Å²) in [7, 11) is 0. The van der Waals surface area contributed by atoms with Crippen LogP contribution in [0.15, 0.2) is 30.3 Å². The van der Waals surface area contributed by atoms with Crippen LogP contribution in [0.25, 0.3) is 0 Å². The van der Waals surface area contributed by atoms with Crippen LogP contribution in [-0.4, -0.2) is 41.3 Å². The van der Waals surface area contributed by atoms with E-state index in [0.29, 0.717) is 0 Å². The van der Waals surface area contributed by atoms with Crippen LogP contribution in [0.5, 0.6) is 0 Å². The van der Waals surface area contributed by atoms with Crippen molar-refractivity contribution >= 4 is 11.8 Å². The zero-order valence-electron chi connectivity index (χ0n) is 12.0. The Bertz CT molecular complexity index is 612. The summed E-state index contributed by atoms with van der Waals surface area (Å²) in [5.41, 5.74) is -5.15. The standard InChI is InChI=1S/C14H12F6N2O2/c15-13(16,17)12(14(18,19)20,22-8-4-7-10(22)23)21-11(24)9-5-2-1-3-6-9/h1-3,5-6H,4,7-8H2,(H,21,24). The number of likely N-dealkylation sites (tertiary alicyclic amines) is 1. The molecule has 4 nitrogen and oxygen atoms in total. The van der Waals surface area contributed by atoms with Crippen LogP contribution in [0.2, 0.25) is 0 Å². The fourth-order valence-corrected chi connectivity index (χ4v) is 2.50. The quantitative estimate of drug-likeness (QED) is 0.849. The smallest absolute Gasteiger partial charge is 0.314 e. The summed E-state index contributed by atoms with van der Waals surface area (Å²) in [5, 5.41) is 1.02. The van der Waals surface area contributed by atoms with Crippen molar-refractivity contribution in [3.63, 3.8) is 0 Å². The minimum Gasteiger partial charge on any atom is -0.314 e. The van der Waals surface area contributed by atoms with Crippen LogP contribution in [0.4, 0.5) is 26.3 Å². The number of hydrogen-bond donors (Lipinski definition) is 1. The maximum atomic E-state index is 13.4. The first-order valence-corrected chi connectivity index (χ1v) is 6.82. The molecule has 1 aromatic carbocycles. The van der Waals surface area contributed by atoms with Gasteiger partial charge in [-0.3, -0.25) is 9.59 Å². The third kappa shape index (κ3) is 2.92. The largest absolute Gasteiger partial charge is 0.440 e. The van der Waals surface area contributed by atoms with E-state index in [9.17, 15) is 35.9 Å². The molecule has 0 radical (unpaired) electrons. The van der Waals surface area contributed by atoms with Gasteiger partial charge in [-0.25, -0.2) is 0 Å². The van der Waals surface area contributed by atoms with E-state index in [0.717, 1.165) is 17.4 Å². The number of amides is 2. The molecule has 132 valence electrons. The second-order valence-corrected chi connectivity index (χ2v) is 5.18. The molecule has 1 aromatic rings. The molecule has 2 amide bonds. The van der Waals surface area contributed by atoms with Gasteiger partial charge in [0, 0.05) is 18.5 Å². The van der Waals surface area contributed by atoms with Crippen LogP contribution in [0.1, 0.15) is 23.2 Å². The Balaban J connectivity index is 2.53. The lowest BCUT2D eigenvalue weighted by molar-refractivity contribution is -0.341.